The summed E-state index contributed by atoms with van der Waals surface area (Å²) in [5, 5.41) is 2.93. The number of oxazole rings is 1. The minimum atomic E-state index is -0.310. The van der Waals surface area contributed by atoms with Gasteiger partial charge in [0.2, 0.25) is 5.91 Å². The molecule has 4 aromatic rings. The molecule has 30 heavy (non-hydrogen) atoms. The zero-order valence-electron chi connectivity index (χ0n) is 16.9. The average Bonchev–Trinajstić information content (AvgIpc) is 3.24. The van der Waals surface area contributed by atoms with E-state index in [4.69, 9.17) is 19.9 Å². The average molecular weight is 405 g/mol. The number of hydrogen-bond donors (Lipinski definition) is 2. The molecule has 154 valence electrons. The predicted octanol–water partition coefficient (Wildman–Crippen LogP) is 3.33. The first kappa shape index (κ1) is 18.5. The molecule has 5 rings (SSSR count). The lowest BCUT2D eigenvalue weighted by molar-refractivity contribution is -0.121. The second-order valence-corrected chi connectivity index (χ2v) is 7.71. The number of nitrogens with zero attached hydrogens (tertiary/aromatic N) is 3. The number of imidazole rings is 1. The molecule has 0 aliphatic carbocycles. The lowest BCUT2D eigenvalue weighted by Crippen LogP contribution is -2.22. The molecule has 0 spiro atoms. The highest BCUT2D eigenvalue weighted by Crippen LogP contribution is 2.36. The zero-order chi connectivity index (χ0) is 20.8. The minimum absolute atomic E-state index is 0.252. The summed E-state index contributed by atoms with van der Waals surface area (Å²) in [5.74, 6) is 1.11. The van der Waals surface area contributed by atoms with Crippen LogP contribution in [0.15, 0.2) is 34.7 Å². The molecule has 3 heterocycles. The van der Waals surface area contributed by atoms with Crippen LogP contribution in [-0.4, -0.2) is 34.1 Å². The fourth-order valence-electron chi connectivity index (χ4n) is 3.98. The fourth-order valence-corrected chi connectivity index (χ4v) is 3.98. The molecule has 2 aromatic heterocycles. The Morgan fingerprint density at radius 1 is 1.27 bits per heavy atom. The van der Waals surface area contributed by atoms with Gasteiger partial charge in [-0.15, -0.1) is 0 Å². The number of aryl methyl sites for hydroxylation is 1. The van der Waals surface area contributed by atoms with Crippen LogP contribution in [-0.2, 0) is 17.8 Å². The maximum atomic E-state index is 11.5. The van der Waals surface area contributed by atoms with Crippen LogP contribution in [0.4, 0.5) is 6.01 Å². The summed E-state index contributed by atoms with van der Waals surface area (Å²) in [5.41, 5.74) is 10.8. The monoisotopic (exact) mass is 405 g/mol. The van der Waals surface area contributed by atoms with Crippen molar-refractivity contribution in [3.05, 3.63) is 35.9 Å². The minimum Gasteiger partial charge on any atom is -0.491 e. The van der Waals surface area contributed by atoms with Crippen molar-refractivity contribution in [2.45, 2.75) is 26.3 Å². The molecule has 1 atom stereocenters. The predicted molar refractivity (Wildman–Crippen MR) is 114 cm³/mol. The summed E-state index contributed by atoms with van der Waals surface area (Å²) < 4.78 is 13.9. The molecule has 1 aliphatic heterocycles. The van der Waals surface area contributed by atoms with Crippen molar-refractivity contribution in [2.75, 3.05) is 19.0 Å². The second-order valence-electron chi connectivity index (χ2n) is 7.71. The van der Waals surface area contributed by atoms with Crippen molar-refractivity contribution in [3.8, 4) is 17.1 Å². The maximum Gasteiger partial charge on any atom is 0.295 e. The van der Waals surface area contributed by atoms with E-state index in [-0.39, 0.29) is 11.8 Å². The van der Waals surface area contributed by atoms with Crippen molar-refractivity contribution in [2.24, 2.45) is 11.7 Å². The Hall–Kier alpha value is -3.55. The smallest absolute Gasteiger partial charge is 0.295 e. The van der Waals surface area contributed by atoms with E-state index in [1.54, 1.807) is 7.05 Å². The maximum absolute atomic E-state index is 11.5. The van der Waals surface area contributed by atoms with Gasteiger partial charge < -0.3 is 24.8 Å². The number of nitrogens with one attached hydrogen (secondary N) is 1. The number of rotatable bonds is 5. The van der Waals surface area contributed by atoms with E-state index in [1.807, 2.05) is 37.3 Å². The van der Waals surface area contributed by atoms with E-state index in [0.717, 1.165) is 57.8 Å². The Balaban J connectivity index is 1.65. The number of amides is 1. The van der Waals surface area contributed by atoms with Crippen LogP contribution in [0.2, 0.25) is 0 Å². The lowest BCUT2D eigenvalue weighted by atomic mass is 10.00. The van der Waals surface area contributed by atoms with Gasteiger partial charge in [0.15, 0.2) is 5.58 Å². The van der Waals surface area contributed by atoms with Crippen LogP contribution in [0.1, 0.15) is 18.9 Å². The third-order valence-electron chi connectivity index (χ3n) is 5.54. The Labute approximate surface area is 173 Å². The highest BCUT2D eigenvalue weighted by atomic mass is 16.5. The number of hydrogen-bond acceptors (Lipinski definition) is 6. The summed E-state index contributed by atoms with van der Waals surface area (Å²) >= 11 is 0. The third-order valence-corrected chi connectivity index (χ3v) is 5.54. The number of carbonyl (C=O) groups is 1. The summed E-state index contributed by atoms with van der Waals surface area (Å²) in [6.07, 6.45) is 1.44. The number of anilines is 1. The van der Waals surface area contributed by atoms with Gasteiger partial charge in [0.1, 0.15) is 22.6 Å². The van der Waals surface area contributed by atoms with E-state index in [1.165, 1.54) is 0 Å². The van der Waals surface area contributed by atoms with E-state index in [9.17, 15) is 4.79 Å². The fraction of sp³-hybridized carbons (Fsp3) is 0.318. The normalized spacial score (nSPS) is 14.5. The Morgan fingerprint density at radius 2 is 2.13 bits per heavy atom. The molecule has 1 aliphatic rings. The number of carbonyl (C=O) groups excluding carboxylic acids is 1. The molecule has 0 fully saturated rings. The van der Waals surface area contributed by atoms with Crippen LogP contribution in [0, 0.1) is 5.92 Å². The Bertz CT molecular complexity index is 1270. The van der Waals surface area contributed by atoms with Crippen molar-refractivity contribution >= 4 is 34.1 Å². The van der Waals surface area contributed by atoms with E-state index >= 15 is 0 Å². The highest BCUT2D eigenvalue weighted by Gasteiger charge is 2.21. The van der Waals surface area contributed by atoms with Crippen molar-refractivity contribution in [3.63, 3.8) is 0 Å². The van der Waals surface area contributed by atoms with Gasteiger partial charge in [-0.25, -0.2) is 4.98 Å². The molecular weight excluding hydrogens is 382 g/mol. The zero-order valence-corrected chi connectivity index (χ0v) is 16.9. The molecule has 8 nitrogen and oxygen atoms in total. The molecule has 0 saturated carbocycles. The first-order valence-electron chi connectivity index (χ1n) is 10.1. The summed E-state index contributed by atoms with van der Waals surface area (Å²) in [4.78, 5) is 20.9. The van der Waals surface area contributed by atoms with Gasteiger partial charge in [0.25, 0.3) is 6.01 Å². The molecule has 0 unspecified atom stereocenters. The second kappa shape index (κ2) is 7.05. The SMILES string of the molecule is CNc1nc2cc(-c3nc4cc(C[C@@H](C)C(N)=O)cc5c4n3CCCO5)ccc2o1. The van der Waals surface area contributed by atoms with Gasteiger partial charge in [-0.1, -0.05) is 6.92 Å². The van der Waals surface area contributed by atoms with Gasteiger partial charge in [-0.2, -0.15) is 4.98 Å². The summed E-state index contributed by atoms with van der Waals surface area (Å²) in [6, 6.07) is 10.4. The number of primary amides is 1. The van der Waals surface area contributed by atoms with Crippen LogP contribution < -0.4 is 15.8 Å². The van der Waals surface area contributed by atoms with Gasteiger partial charge in [-0.05, 0) is 48.7 Å². The Kier molecular flexibility index (Phi) is 4.34. The molecule has 0 saturated heterocycles. The first-order chi connectivity index (χ1) is 14.5. The standard InChI is InChI=1S/C22H23N5O3/c1-12(20(23)28)8-13-9-16-19-18(10-13)29-7-3-6-27(19)21(25-16)14-4-5-17-15(11-14)26-22(24-2)30-17/h4-5,9-12H,3,6-8H2,1-2H3,(H2,23,28)(H,24,26)/t12-/m1/s1. The quantitative estimate of drug-likeness (QED) is 0.527. The molecule has 1 amide bonds. The summed E-state index contributed by atoms with van der Waals surface area (Å²) in [7, 11) is 1.78. The van der Waals surface area contributed by atoms with Crippen LogP contribution in [0.3, 0.4) is 0 Å². The summed E-state index contributed by atoms with van der Waals surface area (Å²) in [6.45, 7) is 3.29. The van der Waals surface area contributed by atoms with Crippen molar-refractivity contribution < 1.29 is 13.9 Å². The Morgan fingerprint density at radius 3 is 2.93 bits per heavy atom. The van der Waals surface area contributed by atoms with Gasteiger partial charge in [0, 0.05) is 25.1 Å². The van der Waals surface area contributed by atoms with Crippen LogP contribution >= 0.6 is 0 Å². The molecule has 0 bridgehead atoms. The van der Waals surface area contributed by atoms with Crippen LogP contribution in [0.5, 0.6) is 5.75 Å². The first-order valence-corrected chi connectivity index (χ1v) is 10.1. The molecule has 3 N–H and O–H groups in total. The van der Waals surface area contributed by atoms with Gasteiger partial charge >= 0.3 is 0 Å². The largest absolute Gasteiger partial charge is 0.491 e. The number of nitrogens with two attached hydrogens (primary N) is 1. The topological polar surface area (TPSA) is 108 Å². The number of ether oxygens (including phenoxy) is 1. The van der Waals surface area contributed by atoms with E-state index in [0.29, 0.717) is 19.0 Å². The van der Waals surface area contributed by atoms with Gasteiger partial charge in [-0.3, -0.25) is 4.79 Å². The number of benzene rings is 2. The lowest BCUT2D eigenvalue weighted by Gasteiger charge is -2.10. The number of aromatic nitrogens is 3. The molecular formula is C22H23N5O3. The van der Waals surface area contributed by atoms with Crippen LogP contribution in [0.25, 0.3) is 33.5 Å². The highest BCUT2D eigenvalue weighted by molar-refractivity contribution is 5.89. The van der Waals surface area contributed by atoms with E-state index < -0.39 is 0 Å². The third kappa shape index (κ3) is 3.04. The molecule has 2 aromatic carbocycles. The molecule has 0 radical (unpaired) electrons. The van der Waals surface area contributed by atoms with E-state index in [2.05, 4.69) is 14.9 Å². The van der Waals surface area contributed by atoms with Crippen molar-refractivity contribution in [1.29, 1.82) is 0 Å². The number of fused-ring (bicyclic) bond motifs is 1. The van der Waals surface area contributed by atoms with Gasteiger partial charge in [0.05, 0.1) is 12.1 Å². The molecule has 8 heteroatoms. The van der Waals surface area contributed by atoms with Crippen molar-refractivity contribution in [1.82, 2.24) is 14.5 Å².